The van der Waals surface area contributed by atoms with Gasteiger partial charge in [0.2, 0.25) is 0 Å². The van der Waals surface area contributed by atoms with Gasteiger partial charge in [0.05, 0.1) is 0 Å². The maximum absolute atomic E-state index is 4.07. The molecule has 0 bridgehead atoms. The lowest BCUT2D eigenvalue weighted by Gasteiger charge is -2.36. The first-order valence-electron chi connectivity index (χ1n) is 8.52. The molecule has 112 valence electrons. The molecule has 1 nitrogen and oxygen atoms in total. The molecule has 2 heteroatoms. The summed E-state index contributed by atoms with van der Waals surface area (Å²) in [5, 5.41) is 6.31. The number of rotatable bonds is 4. The molecule has 0 aromatic carbocycles. The predicted molar refractivity (Wildman–Crippen MR) is 88.1 cm³/mol. The van der Waals surface area contributed by atoms with Crippen LogP contribution in [-0.2, 0) is 0 Å². The predicted octanol–water partition coefficient (Wildman–Crippen LogP) is 5.39. The summed E-state index contributed by atoms with van der Waals surface area (Å²) in [6.45, 7) is 4.86. The largest absolute Gasteiger partial charge is 0.306 e. The third-order valence-corrected chi connectivity index (χ3v) is 6.27. The van der Waals surface area contributed by atoms with Crippen LogP contribution in [0.4, 0.5) is 0 Å². The Bertz CT molecular complexity index is 384. The van der Waals surface area contributed by atoms with Gasteiger partial charge < -0.3 is 5.32 Å². The standard InChI is InChI=1S/C18H29NS/c1-13-10-14(2)12-16(11-13)19-18(15-6-3-4-7-15)17-8-5-9-20-17/h5,8-9,13-16,18-19H,3-4,6-7,10-12H2,1-2H3. The van der Waals surface area contributed by atoms with Crippen LogP contribution < -0.4 is 5.32 Å². The van der Waals surface area contributed by atoms with E-state index in [9.17, 15) is 0 Å². The maximum Gasteiger partial charge on any atom is 0.0445 e. The van der Waals surface area contributed by atoms with Crippen molar-refractivity contribution in [2.24, 2.45) is 17.8 Å². The second-order valence-corrected chi connectivity index (χ2v) is 8.30. The molecular weight excluding hydrogens is 262 g/mol. The fourth-order valence-corrected chi connectivity index (χ4v) is 5.42. The van der Waals surface area contributed by atoms with E-state index in [1.807, 2.05) is 11.3 Å². The molecule has 3 unspecified atom stereocenters. The van der Waals surface area contributed by atoms with E-state index in [2.05, 4.69) is 36.7 Å². The number of nitrogens with one attached hydrogen (secondary N) is 1. The van der Waals surface area contributed by atoms with Crippen LogP contribution in [0.2, 0.25) is 0 Å². The average molecular weight is 292 g/mol. The van der Waals surface area contributed by atoms with Gasteiger partial charge in [-0.2, -0.15) is 0 Å². The number of hydrogen-bond acceptors (Lipinski definition) is 2. The van der Waals surface area contributed by atoms with Crippen LogP contribution in [0.5, 0.6) is 0 Å². The van der Waals surface area contributed by atoms with Crippen LogP contribution in [0.15, 0.2) is 17.5 Å². The summed E-state index contributed by atoms with van der Waals surface area (Å²) in [5.41, 5.74) is 0. The van der Waals surface area contributed by atoms with Crippen molar-refractivity contribution in [1.29, 1.82) is 0 Å². The van der Waals surface area contributed by atoms with Gasteiger partial charge in [0.15, 0.2) is 0 Å². The van der Waals surface area contributed by atoms with Crippen molar-refractivity contribution in [1.82, 2.24) is 5.32 Å². The highest BCUT2D eigenvalue weighted by Crippen LogP contribution is 2.39. The van der Waals surface area contributed by atoms with E-state index in [1.54, 1.807) is 4.88 Å². The van der Waals surface area contributed by atoms with Gasteiger partial charge in [-0.1, -0.05) is 32.8 Å². The van der Waals surface area contributed by atoms with E-state index in [-0.39, 0.29) is 0 Å². The lowest BCUT2D eigenvalue weighted by Crippen LogP contribution is -2.40. The van der Waals surface area contributed by atoms with Gasteiger partial charge in [-0.15, -0.1) is 11.3 Å². The molecule has 3 atom stereocenters. The minimum atomic E-state index is 0.625. The molecule has 1 aromatic heterocycles. The number of hydrogen-bond donors (Lipinski definition) is 1. The summed E-state index contributed by atoms with van der Waals surface area (Å²) in [7, 11) is 0. The summed E-state index contributed by atoms with van der Waals surface area (Å²) in [6.07, 6.45) is 9.89. The maximum atomic E-state index is 4.07. The molecule has 0 spiro atoms. The molecule has 0 amide bonds. The zero-order valence-corrected chi connectivity index (χ0v) is 13.8. The minimum absolute atomic E-state index is 0.625. The van der Waals surface area contributed by atoms with Gasteiger partial charge in [0, 0.05) is 17.0 Å². The lowest BCUT2D eigenvalue weighted by molar-refractivity contribution is 0.208. The van der Waals surface area contributed by atoms with Gasteiger partial charge in [0.25, 0.3) is 0 Å². The average Bonchev–Trinajstić information content (AvgIpc) is 3.08. The molecule has 2 saturated carbocycles. The smallest absolute Gasteiger partial charge is 0.0445 e. The van der Waals surface area contributed by atoms with E-state index in [1.165, 1.54) is 44.9 Å². The van der Waals surface area contributed by atoms with Crippen molar-refractivity contribution in [2.45, 2.75) is 70.9 Å². The molecule has 2 fully saturated rings. The molecule has 0 radical (unpaired) electrons. The quantitative estimate of drug-likeness (QED) is 0.784. The van der Waals surface area contributed by atoms with Gasteiger partial charge in [0.1, 0.15) is 0 Å². The van der Waals surface area contributed by atoms with E-state index in [0.717, 1.165) is 23.8 Å². The summed E-state index contributed by atoms with van der Waals surface area (Å²) in [6, 6.07) is 5.92. The molecule has 0 saturated heterocycles. The number of thiophene rings is 1. The summed E-state index contributed by atoms with van der Waals surface area (Å²) >= 11 is 1.95. The highest BCUT2D eigenvalue weighted by Gasteiger charge is 2.31. The Kier molecular flexibility index (Phi) is 4.83. The van der Waals surface area contributed by atoms with Crippen LogP contribution >= 0.6 is 11.3 Å². The van der Waals surface area contributed by atoms with E-state index in [0.29, 0.717) is 6.04 Å². The zero-order valence-electron chi connectivity index (χ0n) is 13.0. The molecule has 1 heterocycles. The first-order valence-corrected chi connectivity index (χ1v) is 9.39. The molecule has 0 aliphatic heterocycles. The second-order valence-electron chi connectivity index (χ2n) is 7.32. The summed E-state index contributed by atoms with van der Waals surface area (Å²) < 4.78 is 0. The van der Waals surface area contributed by atoms with Gasteiger partial charge in [-0.3, -0.25) is 0 Å². The SMILES string of the molecule is CC1CC(C)CC(NC(c2cccs2)C2CCCC2)C1. The Morgan fingerprint density at radius 3 is 2.40 bits per heavy atom. The highest BCUT2D eigenvalue weighted by atomic mass is 32.1. The molecule has 20 heavy (non-hydrogen) atoms. The first-order chi connectivity index (χ1) is 9.72. The fourth-order valence-electron chi connectivity index (χ4n) is 4.55. The Morgan fingerprint density at radius 1 is 1.10 bits per heavy atom. The van der Waals surface area contributed by atoms with Crippen LogP contribution in [0, 0.1) is 17.8 Å². The topological polar surface area (TPSA) is 12.0 Å². The Balaban J connectivity index is 1.69. The van der Waals surface area contributed by atoms with Crippen molar-refractivity contribution in [2.75, 3.05) is 0 Å². The molecule has 2 aliphatic rings. The Labute approximate surface area is 128 Å². The van der Waals surface area contributed by atoms with Crippen molar-refractivity contribution in [3.63, 3.8) is 0 Å². The Hall–Kier alpha value is -0.340. The van der Waals surface area contributed by atoms with E-state index < -0.39 is 0 Å². The van der Waals surface area contributed by atoms with Crippen LogP contribution in [-0.4, -0.2) is 6.04 Å². The first kappa shape index (κ1) is 14.6. The van der Waals surface area contributed by atoms with Gasteiger partial charge >= 0.3 is 0 Å². The van der Waals surface area contributed by atoms with Crippen molar-refractivity contribution in [3.8, 4) is 0 Å². The summed E-state index contributed by atoms with van der Waals surface area (Å²) in [5.74, 6) is 2.66. The molecule has 2 aliphatic carbocycles. The van der Waals surface area contributed by atoms with Crippen LogP contribution in [0.3, 0.4) is 0 Å². The third kappa shape index (κ3) is 3.46. The third-order valence-electron chi connectivity index (χ3n) is 5.31. The monoisotopic (exact) mass is 291 g/mol. The van der Waals surface area contributed by atoms with Crippen molar-refractivity contribution < 1.29 is 0 Å². The van der Waals surface area contributed by atoms with Gasteiger partial charge in [-0.25, -0.2) is 0 Å². The Morgan fingerprint density at radius 2 is 1.80 bits per heavy atom. The minimum Gasteiger partial charge on any atom is -0.306 e. The molecule has 1 aromatic rings. The normalized spacial score (nSPS) is 33.4. The fraction of sp³-hybridized carbons (Fsp3) is 0.778. The molecule has 3 rings (SSSR count). The highest BCUT2D eigenvalue weighted by molar-refractivity contribution is 7.10. The van der Waals surface area contributed by atoms with Crippen LogP contribution in [0.1, 0.15) is 69.7 Å². The molecular formula is C18H29NS. The second kappa shape index (κ2) is 6.62. The van der Waals surface area contributed by atoms with Crippen molar-refractivity contribution in [3.05, 3.63) is 22.4 Å². The zero-order chi connectivity index (χ0) is 13.9. The van der Waals surface area contributed by atoms with Crippen LogP contribution in [0.25, 0.3) is 0 Å². The van der Waals surface area contributed by atoms with Gasteiger partial charge in [-0.05, 0) is 61.3 Å². The van der Waals surface area contributed by atoms with E-state index >= 15 is 0 Å². The summed E-state index contributed by atoms with van der Waals surface area (Å²) in [4.78, 5) is 1.57. The lowest BCUT2D eigenvalue weighted by atomic mass is 9.79. The van der Waals surface area contributed by atoms with Crippen molar-refractivity contribution >= 4 is 11.3 Å². The van der Waals surface area contributed by atoms with E-state index in [4.69, 9.17) is 0 Å². The molecule has 1 N–H and O–H groups in total.